The fourth-order valence-corrected chi connectivity index (χ4v) is 3.28. The summed E-state index contributed by atoms with van der Waals surface area (Å²) in [4.78, 5) is 19.1. The molecular weight excluding hydrogens is 328 g/mol. The van der Waals surface area contributed by atoms with Gasteiger partial charge in [0, 0.05) is 26.7 Å². The molecule has 0 bridgehead atoms. The van der Waals surface area contributed by atoms with E-state index in [0.717, 1.165) is 9.37 Å². The van der Waals surface area contributed by atoms with Crippen molar-refractivity contribution in [3.05, 3.63) is 50.3 Å². The molecule has 0 fully saturated rings. The minimum atomic E-state index is -0.200. The lowest BCUT2D eigenvalue weighted by Gasteiger charge is -2.09. The Morgan fingerprint density at radius 2 is 2.26 bits per heavy atom. The first-order valence-corrected chi connectivity index (χ1v) is 6.97. The van der Waals surface area contributed by atoms with Gasteiger partial charge in [0.1, 0.15) is 5.84 Å². The molecule has 1 aromatic heterocycles. The van der Waals surface area contributed by atoms with E-state index in [9.17, 15) is 4.79 Å². The second kappa shape index (κ2) is 5.58. The molecular formula is C12H11BrN4OS. The summed E-state index contributed by atoms with van der Waals surface area (Å²) in [5, 5.41) is 8.09. The predicted octanol–water partition coefficient (Wildman–Crippen LogP) is 2.28. The van der Waals surface area contributed by atoms with Crippen LogP contribution in [0, 0.1) is 12.3 Å². The summed E-state index contributed by atoms with van der Waals surface area (Å²) in [6.07, 6.45) is 0. The van der Waals surface area contributed by atoms with E-state index in [0.29, 0.717) is 16.4 Å². The predicted molar refractivity (Wildman–Crippen MR) is 78.9 cm³/mol. The van der Waals surface area contributed by atoms with E-state index >= 15 is 0 Å². The molecule has 0 saturated heterocycles. The fraction of sp³-hybridized carbons (Fsp3) is 0.0833. The number of aromatic amines is 1. The molecule has 2 rings (SSSR count). The molecule has 4 N–H and O–H groups in total. The van der Waals surface area contributed by atoms with Crippen molar-refractivity contribution in [2.45, 2.75) is 17.0 Å². The number of nitrogens with zero attached hydrogens (tertiary/aromatic N) is 1. The number of benzene rings is 1. The van der Waals surface area contributed by atoms with E-state index in [1.165, 1.54) is 17.8 Å². The van der Waals surface area contributed by atoms with Gasteiger partial charge in [0.15, 0.2) is 5.16 Å². The number of hydrogen-bond acceptors (Lipinski definition) is 4. The highest BCUT2D eigenvalue weighted by Gasteiger charge is 2.12. The molecule has 0 saturated carbocycles. The molecule has 2 aromatic rings. The monoisotopic (exact) mass is 338 g/mol. The van der Waals surface area contributed by atoms with Crippen LogP contribution in [0.1, 0.15) is 11.3 Å². The zero-order valence-electron chi connectivity index (χ0n) is 10.0. The lowest BCUT2D eigenvalue weighted by atomic mass is 10.2. The van der Waals surface area contributed by atoms with Crippen molar-refractivity contribution in [3.63, 3.8) is 0 Å². The first kappa shape index (κ1) is 13.8. The standard InChI is InChI=1S/C12H11BrN4OS/c1-6-5-9(18)17-12(16-6)19-8-4-2-3-7(13)10(8)11(14)15/h2-5H,1H3,(H3,14,15)(H,16,17,18). The van der Waals surface area contributed by atoms with Gasteiger partial charge in [-0.15, -0.1) is 0 Å². The SMILES string of the molecule is Cc1cc(=O)[nH]c(Sc2cccc(Br)c2C(=N)N)n1. The van der Waals surface area contributed by atoms with E-state index in [1.807, 2.05) is 18.2 Å². The third kappa shape index (κ3) is 3.24. The van der Waals surface area contributed by atoms with Crippen molar-refractivity contribution < 1.29 is 0 Å². The highest BCUT2D eigenvalue weighted by Crippen LogP contribution is 2.31. The van der Waals surface area contributed by atoms with Gasteiger partial charge in [-0.05, 0) is 35.0 Å². The number of amidine groups is 1. The second-order valence-electron chi connectivity index (χ2n) is 3.82. The molecule has 0 unspecified atom stereocenters. The first-order valence-electron chi connectivity index (χ1n) is 5.36. The molecule has 0 aliphatic carbocycles. The third-order valence-electron chi connectivity index (χ3n) is 2.30. The van der Waals surface area contributed by atoms with Crippen LogP contribution in [0.25, 0.3) is 0 Å². The summed E-state index contributed by atoms with van der Waals surface area (Å²) in [5.41, 5.74) is 6.62. The first-order chi connectivity index (χ1) is 8.97. The zero-order valence-corrected chi connectivity index (χ0v) is 12.4. The minimum Gasteiger partial charge on any atom is -0.384 e. The van der Waals surface area contributed by atoms with Crippen LogP contribution in [0.15, 0.2) is 43.6 Å². The Morgan fingerprint density at radius 1 is 1.53 bits per heavy atom. The van der Waals surface area contributed by atoms with E-state index < -0.39 is 0 Å². The van der Waals surface area contributed by atoms with Gasteiger partial charge in [0.2, 0.25) is 0 Å². The van der Waals surface area contributed by atoms with Crippen LogP contribution in [-0.4, -0.2) is 15.8 Å². The summed E-state index contributed by atoms with van der Waals surface area (Å²) in [5.74, 6) is -0.0371. The van der Waals surface area contributed by atoms with E-state index in [1.54, 1.807) is 6.92 Å². The molecule has 1 heterocycles. The van der Waals surface area contributed by atoms with Gasteiger partial charge in [0.05, 0.1) is 0 Å². The molecule has 0 aliphatic heterocycles. The quantitative estimate of drug-likeness (QED) is 0.454. The summed E-state index contributed by atoms with van der Waals surface area (Å²) >= 11 is 4.63. The summed E-state index contributed by atoms with van der Waals surface area (Å²) in [6.45, 7) is 1.76. The third-order valence-corrected chi connectivity index (χ3v) is 3.91. The van der Waals surface area contributed by atoms with Crippen molar-refractivity contribution in [1.82, 2.24) is 9.97 Å². The van der Waals surface area contributed by atoms with Crippen molar-refractivity contribution >= 4 is 33.5 Å². The molecule has 0 aliphatic rings. The van der Waals surface area contributed by atoms with Crippen LogP contribution in [0.2, 0.25) is 0 Å². The van der Waals surface area contributed by atoms with Crippen LogP contribution < -0.4 is 11.3 Å². The van der Waals surface area contributed by atoms with E-state index in [-0.39, 0.29) is 11.4 Å². The highest BCUT2D eigenvalue weighted by molar-refractivity contribution is 9.10. The van der Waals surface area contributed by atoms with Crippen LogP contribution in [0.4, 0.5) is 0 Å². The van der Waals surface area contributed by atoms with Crippen LogP contribution in [-0.2, 0) is 0 Å². The molecule has 5 nitrogen and oxygen atoms in total. The number of nitrogens with two attached hydrogens (primary N) is 1. The Bertz CT molecular complexity index is 698. The van der Waals surface area contributed by atoms with Crippen molar-refractivity contribution in [1.29, 1.82) is 5.41 Å². The van der Waals surface area contributed by atoms with Crippen molar-refractivity contribution in [2.75, 3.05) is 0 Å². The summed E-state index contributed by atoms with van der Waals surface area (Å²) in [6, 6.07) is 6.91. The maximum absolute atomic E-state index is 11.4. The number of halogens is 1. The summed E-state index contributed by atoms with van der Waals surface area (Å²) in [7, 11) is 0. The van der Waals surface area contributed by atoms with E-state index in [2.05, 4.69) is 25.9 Å². The lowest BCUT2D eigenvalue weighted by Crippen LogP contribution is -2.13. The van der Waals surface area contributed by atoms with Gasteiger partial charge < -0.3 is 10.7 Å². The molecule has 7 heteroatoms. The highest BCUT2D eigenvalue weighted by atomic mass is 79.9. The molecule has 1 aromatic carbocycles. The minimum absolute atomic E-state index is 0.0371. The van der Waals surface area contributed by atoms with Crippen molar-refractivity contribution in [3.8, 4) is 0 Å². The number of hydrogen-bond donors (Lipinski definition) is 3. The maximum Gasteiger partial charge on any atom is 0.251 e. The van der Waals surface area contributed by atoms with Gasteiger partial charge in [-0.2, -0.15) is 0 Å². The van der Waals surface area contributed by atoms with Gasteiger partial charge in [-0.25, -0.2) is 4.98 Å². The van der Waals surface area contributed by atoms with Gasteiger partial charge in [-0.3, -0.25) is 10.2 Å². The average molecular weight is 339 g/mol. The smallest absolute Gasteiger partial charge is 0.251 e. The Morgan fingerprint density at radius 3 is 2.89 bits per heavy atom. The normalized spacial score (nSPS) is 10.4. The molecule has 0 atom stereocenters. The Kier molecular flexibility index (Phi) is 4.06. The number of aryl methyl sites for hydroxylation is 1. The van der Waals surface area contributed by atoms with Crippen LogP contribution >= 0.6 is 27.7 Å². The van der Waals surface area contributed by atoms with Gasteiger partial charge >= 0.3 is 0 Å². The van der Waals surface area contributed by atoms with E-state index in [4.69, 9.17) is 11.1 Å². The average Bonchev–Trinajstić information content (AvgIpc) is 2.26. The molecule has 0 spiro atoms. The number of nitrogens with one attached hydrogen (secondary N) is 2. The topological polar surface area (TPSA) is 95.6 Å². The zero-order chi connectivity index (χ0) is 14.0. The van der Waals surface area contributed by atoms with Gasteiger partial charge in [0.25, 0.3) is 5.56 Å². The summed E-state index contributed by atoms with van der Waals surface area (Å²) < 4.78 is 0.736. The molecule has 0 amide bonds. The number of H-pyrrole nitrogens is 1. The Balaban J connectivity index is 2.46. The fourth-order valence-electron chi connectivity index (χ4n) is 1.55. The lowest BCUT2D eigenvalue weighted by molar-refractivity contribution is 0.905. The number of aromatic nitrogens is 2. The largest absolute Gasteiger partial charge is 0.384 e. The molecule has 19 heavy (non-hydrogen) atoms. The van der Waals surface area contributed by atoms with Crippen LogP contribution in [0.5, 0.6) is 0 Å². The maximum atomic E-state index is 11.4. The molecule has 0 radical (unpaired) electrons. The Hall–Kier alpha value is -1.60. The van der Waals surface area contributed by atoms with Gasteiger partial charge in [-0.1, -0.05) is 17.8 Å². The van der Waals surface area contributed by atoms with Crippen LogP contribution in [0.3, 0.4) is 0 Å². The van der Waals surface area contributed by atoms with Crippen molar-refractivity contribution in [2.24, 2.45) is 5.73 Å². The Labute approximate surface area is 122 Å². The molecule has 98 valence electrons. The number of rotatable bonds is 3. The number of nitrogen functional groups attached to an aromatic ring is 1. The second-order valence-corrected chi connectivity index (χ2v) is 5.71.